The largest absolute Gasteiger partial charge is 0.333 e. The molecule has 130 valence electrons. The molecule has 24 heavy (non-hydrogen) atoms. The van der Waals surface area contributed by atoms with E-state index in [1.807, 2.05) is 36.6 Å². The van der Waals surface area contributed by atoms with E-state index < -0.39 is 10.0 Å². The second-order valence-electron chi connectivity index (χ2n) is 6.41. The smallest absolute Gasteiger partial charge is 0.262 e. The summed E-state index contributed by atoms with van der Waals surface area (Å²) >= 11 is 0. The zero-order valence-corrected chi connectivity index (χ0v) is 15.1. The highest BCUT2D eigenvalue weighted by atomic mass is 32.2. The minimum absolute atomic E-state index is 0.0424. The van der Waals surface area contributed by atoms with Crippen molar-refractivity contribution in [2.45, 2.75) is 63.2 Å². The third-order valence-electron chi connectivity index (χ3n) is 4.62. The minimum Gasteiger partial charge on any atom is -0.333 e. The number of hydrogen-bond acceptors (Lipinski definition) is 4. The van der Waals surface area contributed by atoms with Gasteiger partial charge < -0.3 is 4.57 Å². The lowest BCUT2D eigenvalue weighted by molar-refractivity contribution is 0.328. The first-order valence-corrected chi connectivity index (χ1v) is 9.87. The first-order valence-electron chi connectivity index (χ1n) is 8.43. The summed E-state index contributed by atoms with van der Waals surface area (Å²) in [5, 5.41) is 0.123. The van der Waals surface area contributed by atoms with E-state index in [2.05, 4.69) is 16.9 Å². The van der Waals surface area contributed by atoms with Crippen molar-refractivity contribution in [3.05, 3.63) is 42.6 Å². The van der Waals surface area contributed by atoms with Crippen molar-refractivity contribution >= 4 is 10.0 Å². The van der Waals surface area contributed by atoms with Crippen LogP contribution in [0.5, 0.6) is 0 Å². The Morgan fingerprint density at radius 2 is 2.04 bits per heavy atom. The average molecular weight is 348 g/mol. The Bertz CT molecular complexity index is 784. The van der Waals surface area contributed by atoms with E-state index in [4.69, 9.17) is 0 Å². The van der Waals surface area contributed by atoms with Gasteiger partial charge in [0, 0.05) is 24.5 Å². The normalized spacial score (nSPS) is 17.8. The molecule has 0 N–H and O–H groups in total. The highest BCUT2D eigenvalue weighted by Crippen LogP contribution is 2.38. The van der Waals surface area contributed by atoms with Crippen LogP contribution in [0.2, 0.25) is 0 Å². The van der Waals surface area contributed by atoms with Gasteiger partial charge in [-0.3, -0.25) is 4.98 Å². The van der Waals surface area contributed by atoms with Crippen LogP contribution in [0.25, 0.3) is 0 Å². The summed E-state index contributed by atoms with van der Waals surface area (Å²) in [5.41, 5.74) is 0.759. The molecule has 1 saturated carbocycles. The van der Waals surface area contributed by atoms with E-state index in [-0.39, 0.29) is 23.2 Å². The van der Waals surface area contributed by atoms with Gasteiger partial charge in [0.2, 0.25) is 0 Å². The van der Waals surface area contributed by atoms with Gasteiger partial charge in [0.1, 0.15) is 0 Å². The van der Waals surface area contributed by atoms with E-state index in [0.717, 1.165) is 25.0 Å². The molecule has 6 nitrogen and oxygen atoms in total. The number of sulfonamides is 1. The molecule has 0 amide bonds. The first kappa shape index (κ1) is 17.1. The summed E-state index contributed by atoms with van der Waals surface area (Å²) < 4.78 is 29.8. The molecular weight excluding hydrogens is 324 g/mol. The van der Waals surface area contributed by atoms with Gasteiger partial charge >= 0.3 is 0 Å². The van der Waals surface area contributed by atoms with Crippen molar-refractivity contribution in [2.75, 3.05) is 0 Å². The van der Waals surface area contributed by atoms with Gasteiger partial charge in [0.25, 0.3) is 10.0 Å². The van der Waals surface area contributed by atoms with Crippen LogP contribution in [-0.2, 0) is 10.0 Å². The molecule has 7 heteroatoms. The highest BCUT2D eigenvalue weighted by molar-refractivity contribution is 7.89. The lowest BCUT2D eigenvalue weighted by Gasteiger charge is -2.27. The van der Waals surface area contributed by atoms with E-state index in [1.165, 1.54) is 0 Å². The molecule has 1 aliphatic carbocycles. The average Bonchev–Trinajstić information content (AvgIpc) is 3.27. The molecule has 2 atom stereocenters. The zero-order chi connectivity index (χ0) is 17.3. The van der Waals surface area contributed by atoms with E-state index in [1.54, 1.807) is 23.0 Å². The zero-order valence-electron chi connectivity index (χ0n) is 14.3. The molecule has 0 radical (unpaired) electrons. The Balaban J connectivity index is 1.94. The molecule has 2 aromatic rings. The number of pyridine rings is 1. The lowest BCUT2D eigenvalue weighted by Crippen LogP contribution is -2.36. The third-order valence-corrected chi connectivity index (χ3v) is 6.53. The summed E-state index contributed by atoms with van der Waals surface area (Å²) in [4.78, 5) is 8.51. The summed E-state index contributed by atoms with van der Waals surface area (Å²) in [6.07, 6.45) is 7.65. The Kier molecular flexibility index (Phi) is 4.73. The van der Waals surface area contributed by atoms with Gasteiger partial charge in [0.05, 0.1) is 18.1 Å². The fourth-order valence-electron chi connectivity index (χ4n) is 2.81. The standard InChI is InChI=1S/C17H24N4O2S/c1-4-13(2)20-11-17(19-12-20)24(22,23)21(15-8-9-15)14(3)16-7-5-6-10-18-16/h5-7,10-15H,4,8-9H2,1-3H3/t13-,14+/m1/s1. The Morgan fingerprint density at radius 1 is 1.29 bits per heavy atom. The number of aromatic nitrogens is 3. The molecule has 0 unspecified atom stereocenters. The molecule has 2 heterocycles. The molecule has 1 fully saturated rings. The van der Waals surface area contributed by atoms with Gasteiger partial charge in [-0.1, -0.05) is 13.0 Å². The Hall–Kier alpha value is -1.73. The second-order valence-corrected chi connectivity index (χ2v) is 8.20. The van der Waals surface area contributed by atoms with E-state index in [0.29, 0.717) is 0 Å². The van der Waals surface area contributed by atoms with Crippen LogP contribution in [0, 0.1) is 0 Å². The summed E-state index contributed by atoms with van der Waals surface area (Å²) in [5.74, 6) is 0. The van der Waals surface area contributed by atoms with E-state index in [9.17, 15) is 8.42 Å². The van der Waals surface area contributed by atoms with Gasteiger partial charge in [-0.15, -0.1) is 0 Å². The van der Waals surface area contributed by atoms with Gasteiger partial charge in [0.15, 0.2) is 5.03 Å². The monoisotopic (exact) mass is 348 g/mol. The molecule has 0 saturated heterocycles. The van der Waals surface area contributed by atoms with Gasteiger partial charge in [-0.05, 0) is 45.2 Å². The maximum absolute atomic E-state index is 13.2. The molecule has 0 spiro atoms. The quantitative estimate of drug-likeness (QED) is 0.771. The van der Waals surface area contributed by atoms with E-state index >= 15 is 0 Å². The SMILES string of the molecule is CC[C@@H](C)n1cnc(S(=O)(=O)N(C2CC2)[C@@H](C)c2ccccn2)c1. The topological polar surface area (TPSA) is 68.1 Å². The van der Waals surface area contributed by atoms with Crippen molar-refractivity contribution in [3.63, 3.8) is 0 Å². The maximum atomic E-state index is 13.2. The van der Waals surface area contributed by atoms with Crippen molar-refractivity contribution < 1.29 is 8.42 Å². The fourth-order valence-corrected chi connectivity index (χ4v) is 4.59. The highest BCUT2D eigenvalue weighted by Gasteiger charge is 2.43. The van der Waals surface area contributed by atoms with Crippen LogP contribution in [0.15, 0.2) is 41.9 Å². The molecule has 2 aromatic heterocycles. The predicted molar refractivity (Wildman–Crippen MR) is 91.9 cm³/mol. The molecule has 0 aliphatic heterocycles. The first-order chi connectivity index (χ1) is 11.4. The van der Waals surface area contributed by atoms with Crippen molar-refractivity contribution in [2.24, 2.45) is 0 Å². The third kappa shape index (κ3) is 3.23. The van der Waals surface area contributed by atoms with Crippen LogP contribution >= 0.6 is 0 Å². The maximum Gasteiger partial charge on any atom is 0.262 e. The summed E-state index contributed by atoms with van der Waals surface area (Å²) in [7, 11) is -3.64. The van der Waals surface area contributed by atoms with Crippen molar-refractivity contribution in [1.29, 1.82) is 0 Å². The second kappa shape index (κ2) is 6.64. The van der Waals surface area contributed by atoms with Crippen LogP contribution in [0.3, 0.4) is 0 Å². The predicted octanol–water partition coefficient (Wildman–Crippen LogP) is 3.16. The number of imidazole rings is 1. The Morgan fingerprint density at radius 3 is 2.62 bits per heavy atom. The molecule has 1 aliphatic rings. The van der Waals surface area contributed by atoms with Crippen molar-refractivity contribution in [3.8, 4) is 0 Å². The summed E-state index contributed by atoms with van der Waals surface area (Å²) in [6, 6.07) is 5.55. The van der Waals surface area contributed by atoms with Gasteiger partial charge in [-0.25, -0.2) is 13.4 Å². The van der Waals surface area contributed by atoms with Crippen molar-refractivity contribution in [1.82, 2.24) is 18.8 Å². The van der Waals surface area contributed by atoms with Crippen LogP contribution in [0.4, 0.5) is 0 Å². The molecule has 0 bridgehead atoms. The van der Waals surface area contributed by atoms with Crippen LogP contribution < -0.4 is 0 Å². The number of rotatable bonds is 7. The summed E-state index contributed by atoms with van der Waals surface area (Å²) in [6.45, 7) is 6.01. The molecule has 0 aromatic carbocycles. The number of hydrogen-bond donors (Lipinski definition) is 0. The van der Waals surface area contributed by atoms with Gasteiger partial charge in [-0.2, -0.15) is 4.31 Å². The lowest BCUT2D eigenvalue weighted by atomic mass is 10.2. The number of nitrogens with zero attached hydrogens (tertiary/aromatic N) is 4. The minimum atomic E-state index is -3.64. The Labute approximate surface area is 143 Å². The van der Waals surface area contributed by atoms with Crippen LogP contribution in [-0.4, -0.2) is 33.3 Å². The molecule has 3 rings (SSSR count). The molecular formula is C17H24N4O2S. The fraction of sp³-hybridized carbons (Fsp3) is 0.529. The van der Waals surface area contributed by atoms with Crippen LogP contribution in [0.1, 0.15) is 57.8 Å².